The van der Waals surface area contributed by atoms with Crippen LogP contribution in [0.25, 0.3) is 0 Å². The van der Waals surface area contributed by atoms with E-state index in [1.54, 1.807) is 0 Å². The summed E-state index contributed by atoms with van der Waals surface area (Å²) < 4.78 is 5.49. The highest BCUT2D eigenvalue weighted by atomic mass is 29.2. The van der Waals surface area contributed by atoms with Crippen LogP contribution in [0.5, 0.6) is 0 Å². The zero-order valence-electron chi connectivity index (χ0n) is 5.74. The monoisotopic (exact) mass is 146 g/mol. The summed E-state index contributed by atoms with van der Waals surface area (Å²) in [6.45, 7) is 5.99. The molecule has 8 heavy (non-hydrogen) atoms. The van der Waals surface area contributed by atoms with Gasteiger partial charge in [-0.25, -0.2) is 0 Å². The Labute approximate surface area is 54.2 Å². The van der Waals surface area contributed by atoms with Crippen LogP contribution >= 0.6 is 0 Å². The molecule has 0 bridgehead atoms. The van der Waals surface area contributed by atoms with E-state index in [1.165, 1.54) is 12.5 Å². The molecule has 0 atom stereocenters. The van der Waals surface area contributed by atoms with Crippen molar-refractivity contribution >= 4 is 16.9 Å². The van der Waals surface area contributed by atoms with Crippen LogP contribution in [0.3, 0.4) is 0 Å². The van der Waals surface area contributed by atoms with Crippen molar-refractivity contribution < 1.29 is 4.43 Å². The number of rotatable bonds is 0. The minimum Gasteiger partial charge on any atom is -0.427 e. The summed E-state index contributed by atoms with van der Waals surface area (Å²) >= 11 is 0. The van der Waals surface area contributed by atoms with Gasteiger partial charge in [0, 0.05) is 6.61 Å². The molecule has 0 aromatic carbocycles. The first-order valence-electron chi connectivity index (χ1n) is 3.28. The van der Waals surface area contributed by atoms with Crippen LogP contribution in [0.15, 0.2) is 0 Å². The Morgan fingerprint density at radius 1 is 1.50 bits per heavy atom. The molecule has 0 amide bonds. The number of hydrogen-bond donors (Lipinski definition) is 0. The van der Waals surface area contributed by atoms with Gasteiger partial charge in [0.05, 0.1) is 7.59 Å². The van der Waals surface area contributed by atoms with Crippen LogP contribution in [-0.4, -0.2) is 23.5 Å². The van der Waals surface area contributed by atoms with Crippen molar-refractivity contribution in [3.63, 3.8) is 0 Å². The van der Waals surface area contributed by atoms with Gasteiger partial charge in [0.1, 0.15) is 0 Å². The second-order valence-electron chi connectivity index (χ2n) is 3.32. The van der Waals surface area contributed by atoms with Gasteiger partial charge in [0.15, 0.2) is 9.28 Å². The fourth-order valence-electron chi connectivity index (χ4n) is 1.07. The molecule has 48 valence electrons. The predicted molar refractivity (Wildman–Crippen MR) is 41.4 cm³/mol. The van der Waals surface area contributed by atoms with Crippen LogP contribution < -0.4 is 0 Å². The number of hydrogen-bond acceptors (Lipinski definition) is 1. The van der Waals surface area contributed by atoms with Crippen molar-refractivity contribution in [1.82, 2.24) is 0 Å². The summed E-state index contributed by atoms with van der Waals surface area (Å²) in [7, 11) is -0.698. The van der Waals surface area contributed by atoms with Crippen molar-refractivity contribution in [3.8, 4) is 0 Å². The standard InChI is InChI=1S/C5H14OSi2/c1-8(2)5-3-4-6-7-8/h3-5,7H2,1-2H3. The van der Waals surface area contributed by atoms with Gasteiger partial charge in [-0.15, -0.1) is 0 Å². The molecule has 1 rings (SSSR count). The molecule has 0 aliphatic carbocycles. The molecule has 0 spiro atoms. The third-order valence-electron chi connectivity index (χ3n) is 1.64. The summed E-state index contributed by atoms with van der Waals surface area (Å²) in [5, 5.41) is 0. The van der Waals surface area contributed by atoms with E-state index in [-0.39, 0.29) is 9.28 Å². The van der Waals surface area contributed by atoms with E-state index in [9.17, 15) is 0 Å². The first-order valence-corrected chi connectivity index (χ1v) is 9.40. The minimum atomic E-state index is -0.674. The average molecular weight is 146 g/mol. The van der Waals surface area contributed by atoms with Crippen LogP contribution in [0, 0.1) is 0 Å². The van der Waals surface area contributed by atoms with Crippen LogP contribution in [-0.2, 0) is 4.43 Å². The van der Waals surface area contributed by atoms with E-state index in [0.29, 0.717) is 0 Å². The molecule has 0 radical (unpaired) electrons. The van der Waals surface area contributed by atoms with E-state index in [2.05, 4.69) is 13.1 Å². The lowest BCUT2D eigenvalue weighted by Crippen LogP contribution is -2.40. The molecule has 0 aromatic heterocycles. The average Bonchev–Trinajstić information content (AvgIpc) is 1.65. The third-order valence-corrected chi connectivity index (χ3v) is 8.63. The molecule has 0 unspecified atom stereocenters. The van der Waals surface area contributed by atoms with Crippen molar-refractivity contribution in [1.29, 1.82) is 0 Å². The van der Waals surface area contributed by atoms with Gasteiger partial charge < -0.3 is 4.43 Å². The zero-order chi connectivity index (χ0) is 6.04. The molecular formula is C5H14OSi2. The van der Waals surface area contributed by atoms with E-state index in [4.69, 9.17) is 4.43 Å². The van der Waals surface area contributed by atoms with Crippen molar-refractivity contribution in [3.05, 3.63) is 0 Å². The molecule has 0 saturated carbocycles. The van der Waals surface area contributed by atoms with Gasteiger partial charge in [0.2, 0.25) is 0 Å². The van der Waals surface area contributed by atoms with E-state index in [0.717, 1.165) is 6.61 Å². The minimum absolute atomic E-state index is 0.0247. The van der Waals surface area contributed by atoms with Crippen molar-refractivity contribution in [2.24, 2.45) is 0 Å². The normalized spacial score (nSPS) is 30.8. The second kappa shape index (κ2) is 2.33. The van der Waals surface area contributed by atoms with Gasteiger partial charge in [-0.05, 0) is 6.42 Å². The summed E-state index contributed by atoms with van der Waals surface area (Å²) in [4.78, 5) is 0. The van der Waals surface area contributed by atoms with Crippen LogP contribution in [0.2, 0.25) is 19.1 Å². The highest BCUT2D eigenvalue weighted by Crippen LogP contribution is 2.14. The van der Waals surface area contributed by atoms with Gasteiger partial charge in [-0.3, -0.25) is 0 Å². The maximum absolute atomic E-state index is 5.49. The van der Waals surface area contributed by atoms with E-state index < -0.39 is 7.59 Å². The summed E-state index contributed by atoms with van der Waals surface area (Å²) in [5.41, 5.74) is 0. The van der Waals surface area contributed by atoms with Gasteiger partial charge in [0.25, 0.3) is 0 Å². The first kappa shape index (κ1) is 6.51. The molecule has 0 N–H and O–H groups in total. The van der Waals surface area contributed by atoms with Crippen LogP contribution in [0.4, 0.5) is 0 Å². The molecular weight excluding hydrogens is 132 g/mol. The van der Waals surface area contributed by atoms with Gasteiger partial charge in [-0.1, -0.05) is 19.1 Å². The molecule has 0 aromatic rings. The van der Waals surface area contributed by atoms with Crippen molar-refractivity contribution in [2.75, 3.05) is 6.61 Å². The maximum atomic E-state index is 5.49. The SMILES string of the molecule is C[Si]1(C)CCCO[SiH2]1. The topological polar surface area (TPSA) is 9.23 Å². The highest BCUT2D eigenvalue weighted by molar-refractivity contribution is 7.21. The van der Waals surface area contributed by atoms with Crippen molar-refractivity contribution in [2.45, 2.75) is 25.6 Å². The Kier molecular flexibility index (Phi) is 1.90. The van der Waals surface area contributed by atoms with Crippen LogP contribution in [0.1, 0.15) is 6.42 Å². The summed E-state index contributed by atoms with van der Waals surface area (Å²) in [6.07, 6.45) is 1.34. The third kappa shape index (κ3) is 1.72. The Hall–Kier alpha value is 0.394. The van der Waals surface area contributed by atoms with Gasteiger partial charge >= 0.3 is 0 Å². The Bertz CT molecular complexity index is 74.5. The molecule has 1 aliphatic heterocycles. The molecule has 1 fully saturated rings. The van der Waals surface area contributed by atoms with E-state index >= 15 is 0 Å². The molecule has 1 saturated heterocycles. The maximum Gasteiger partial charge on any atom is 0.150 e. The highest BCUT2D eigenvalue weighted by Gasteiger charge is 2.24. The van der Waals surface area contributed by atoms with E-state index in [1.807, 2.05) is 0 Å². The molecule has 3 heteroatoms. The fraction of sp³-hybridized carbons (Fsp3) is 1.00. The summed E-state index contributed by atoms with van der Waals surface area (Å²) in [5.74, 6) is 0. The smallest absolute Gasteiger partial charge is 0.150 e. The molecule has 1 nitrogen and oxygen atoms in total. The first-order chi connectivity index (χ1) is 3.71. The fourth-order valence-corrected chi connectivity index (χ4v) is 6.49. The predicted octanol–water partition coefficient (Wildman–Crippen LogP) is 0.696. The quantitative estimate of drug-likeness (QED) is 0.457. The Morgan fingerprint density at radius 2 is 2.25 bits per heavy atom. The molecule has 1 heterocycles. The lowest BCUT2D eigenvalue weighted by atomic mass is 10.5. The Morgan fingerprint density at radius 3 is 2.50 bits per heavy atom. The summed E-state index contributed by atoms with van der Waals surface area (Å²) in [6, 6.07) is 1.53. The largest absolute Gasteiger partial charge is 0.427 e. The second-order valence-corrected chi connectivity index (χ2v) is 15.5. The lowest BCUT2D eigenvalue weighted by molar-refractivity contribution is 0.334. The zero-order valence-corrected chi connectivity index (χ0v) is 8.15. The van der Waals surface area contributed by atoms with Gasteiger partial charge in [-0.2, -0.15) is 0 Å². The Balaban J connectivity index is 2.33. The molecule has 1 aliphatic rings. The lowest BCUT2D eigenvalue weighted by Gasteiger charge is -2.25.